The van der Waals surface area contributed by atoms with Crippen LogP contribution in [0.1, 0.15) is 59.3 Å². The summed E-state index contributed by atoms with van der Waals surface area (Å²) in [6.07, 6.45) is 8.05. The normalized spacial score (nSPS) is 16.0. The van der Waals surface area contributed by atoms with Crippen molar-refractivity contribution in [1.82, 2.24) is 0 Å². The molecule has 2 atom stereocenters. The molecule has 0 bridgehead atoms. The predicted molar refractivity (Wildman–Crippen MR) is 57.1 cm³/mol. The van der Waals surface area contributed by atoms with Gasteiger partial charge >= 0.3 is 0 Å². The van der Waals surface area contributed by atoms with Gasteiger partial charge in [0.2, 0.25) is 0 Å². The molecule has 0 nitrogen and oxygen atoms in total. The Kier molecular flexibility index (Phi) is 7.64. The fourth-order valence-corrected chi connectivity index (χ4v) is 1.33. The minimum Gasteiger partial charge on any atom is -0.0651 e. The van der Waals surface area contributed by atoms with Gasteiger partial charge in [-0.25, -0.2) is 0 Å². The second-order valence-electron chi connectivity index (χ2n) is 4.19. The van der Waals surface area contributed by atoms with E-state index in [1.54, 1.807) is 0 Å². The highest BCUT2D eigenvalue weighted by Gasteiger charge is 2.00. The molecule has 0 rings (SSSR count). The Morgan fingerprint density at radius 3 is 1.92 bits per heavy atom. The largest absolute Gasteiger partial charge is 0.0651 e. The zero-order valence-electron chi connectivity index (χ0n) is 9.10. The second kappa shape index (κ2) is 7.64. The van der Waals surface area contributed by atoms with Crippen LogP contribution in [0.5, 0.6) is 0 Å². The molecule has 0 aliphatic heterocycles. The molecule has 0 aliphatic rings. The Morgan fingerprint density at radius 1 is 1.00 bits per heavy atom. The first-order chi connectivity index (χ1) is 5.70. The average molecular weight is 169 g/mol. The Labute approximate surface area is 78.8 Å². The molecule has 0 aliphatic carbocycles. The van der Waals surface area contributed by atoms with Crippen LogP contribution >= 0.6 is 0 Å². The fraction of sp³-hybridized carbons (Fsp3) is 0.917. The highest BCUT2D eigenvalue weighted by molar-refractivity contribution is 4.56. The maximum Gasteiger partial charge on any atom is -0.0443 e. The molecule has 0 fully saturated rings. The van der Waals surface area contributed by atoms with E-state index >= 15 is 0 Å². The van der Waals surface area contributed by atoms with Crippen LogP contribution in [-0.4, -0.2) is 0 Å². The third-order valence-electron chi connectivity index (χ3n) is 2.83. The third-order valence-corrected chi connectivity index (χ3v) is 2.83. The third kappa shape index (κ3) is 6.69. The van der Waals surface area contributed by atoms with Gasteiger partial charge < -0.3 is 0 Å². The van der Waals surface area contributed by atoms with Gasteiger partial charge in [0.05, 0.1) is 0 Å². The summed E-state index contributed by atoms with van der Waals surface area (Å²) in [5.74, 6) is 1.77. The van der Waals surface area contributed by atoms with Crippen molar-refractivity contribution in [2.45, 2.75) is 59.3 Å². The van der Waals surface area contributed by atoms with Gasteiger partial charge in [-0.3, -0.25) is 0 Å². The van der Waals surface area contributed by atoms with Gasteiger partial charge in [-0.2, -0.15) is 0 Å². The highest BCUT2D eigenvalue weighted by Crippen LogP contribution is 2.16. The SMILES string of the molecule is [CH2]CC(C)CCCCC(C)CC. The lowest BCUT2D eigenvalue weighted by atomic mass is 9.97. The first-order valence-corrected chi connectivity index (χ1v) is 5.49. The second-order valence-corrected chi connectivity index (χ2v) is 4.19. The molecular formula is C12H25. The minimum atomic E-state index is 0.835. The summed E-state index contributed by atoms with van der Waals surface area (Å²) in [6, 6.07) is 0. The van der Waals surface area contributed by atoms with E-state index < -0.39 is 0 Å². The molecular weight excluding hydrogens is 144 g/mol. The smallest absolute Gasteiger partial charge is 0.0443 e. The van der Waals surface area contributed by atoms with Crippen molar-refractivity contribution in [2.75, 3.05) is 0 Å². The van der Waals surface area contributed by atoms with Crippen molar-refractivity contribution < 1.29 is 0 Å². The quantitative estimate of drug-likeness (QED) is 0.494. The molecule has 0 amide bonds. The van der Waals surface area contributed by atoms with Crippen LogP contribution in [0.3, 0.4) is 0 Å². The van der Waals surface area contributed by atoms with Gasteiger partial charge in [-0.15, -0.1) is 0 Å². The Hall–Kier alpha value is 0. The molecule has 0 N–H and O–H groups in total. The molecule has 12 heavy (non-hydrogen) atoms. The monoisotopic (exact) mass is 169 g/mol. The summed E-state index contributed by atoms with van der Waals surface area (Å²) >= 11 is 0. The van der Waals surface area contributed by atoms with Gasteiger partial charge in [0, 0.05) is 0 Å². The van der Waals surface area contributed by atoms with E-state index in [1.165, 1.54) is 32.1 Å². The van der Waals surface area contributed by atoms with Gasteiger partial charge in [0.15, 0.2) is 0 Å². The molecule has 0 spiro atoms. The number of hydrogen-bond donors (Lipinski definition) is 0. The van der Waals surface area contributed by atoms with E-state index in [4.69, 9.17) is 0 Å². The highest BCUT2D eigenvalue weighted by atomic mass is 14.1. The molecule has 0 saturated carbocycles. The van der Waals surface area contributed by atoms with Crippen molar-refractivity contribution in [2.24, 2.45) is 11.8 Å². The zero-order chi connectivity index (χ0) is 9.40. The Morgan fingerprint density at radius 2 is 1.50 bits per heavy atom. The first kappa shape index (κ1) is 12.0. The van der Waals surface area contributed by atoms with E-state index in [9.17, 15) is 0 Å². The van der Waals surface area contributed by atoms with Crippen LogP contribution in [0.25, 0.3) is 0 Å². The topological polar surface area (TPSA) is 0 Å². The van der Waals surface area contributed by atoms with Gasteiger partial charge in [-0.1, -0.05) is 66.2 Å². The van der Waals surface area contributed by atoms with E-state index in [2.05, 4.69) is 27.7 Å². The Bertz CT molecular complexity index is 74.0. The summed E-state index contributed by atoms with van der Waals surface area (Å²) in [4.78, 5) is 0. The lowest BCUT2D eigenvalue weighted by molar-refractivity contribution is 0.443. The number of unbranched alkanes of at least 4 members (excludes halogenated alkanes) is 1. The van der Waals surface area contributed by atoms with E-state index in [0.717, 1.165) is 18.3 Å². The van der Waals surface area contributed by atoms with Crippen molar-refractivity contribution in [3.63, 3.8) is 0 Å². The lowest BCUT2D eigenvalue weighted by Gasteiger charge is -2.10. The van der Waals surface area contributed by atoms with Crippen LogP contribution in [0.15, 0.2) is 0 Å². The van der Waals surface area contributed by atoms with E-state index in [0.29, 0.717) is 0 Å². The maximum atomic E-state index is 3.92. The van der Waals surface area contributed by atoms with E-state index in [-0.39, 0.29) is 0 Å². The summed E-state index contributed by atoms with van der Waals surface area (Å²) in [5.41, 5.74) is 0. The van der Waals surface area contributed by atoms with Crippen LogP contribution in [-0.2, 0) is 0 Å². The number of rotatable bonds is 7. The molecule has 0 heterocycles. The molecule has 0 aromatic carbocycles. The van der Waals surface area contributed by atoms with Gasteiger partial charge in [-0.05, 0) is 11.8 Å². The standard InChI is InChI=1S/C12H25/c1-5-11(3)9-7-8-10-12(4)6-2/h11-12H,1,5-10H2,2-4H3. The van der Waals surface area contributed by atoms with Crippen molar-refractivity contribution in [1.29, 1.82) is 0 Å². The summed E-state index contributed by atoms with van der Waals surface area (Å²) < 4.78 is 0. The van der Waals surface area contributed by atoms with Crippen LogP contribution < -0.4 is 0 Å². The molecule has 0 saturated heterocycles. The molecule has 2 unspecified atom stereocenters. The van der Waals surface area contributed by atoms with Crippen molar-refractivity contribution in [3.8, 4) is 0 Å². The molecule has 1 radical (unpaired) electrons. The van der Waals surface area contributed by atoms with Crippen LogP contribution in [0.4, 0.5) is 0 Å². The first-order valence-electron chi connectivity index (χ1n) is 5.49. The minimum absolute atomic E-state index is 0.835. The van der Waals surface area contributed by atoms with E-state index in [1.807, 2.05) is 0 Å². The van der Waals surface area contributed by atoms with Crippen LogP contribution in [0.2, 0.25) is 0 Å². The Balaban J connectivity index is 3.10. The van der Waals surface area contributed by atoms with Gasteiger partial charge in [0.1, 0.15) is 0 Å². The van der Waals surface area contributed by atoms with Crippen molar-refractivity contribution >= 4 is 0 Å². The fourth-order valence-electron chi connectivity index (χ4n) is 1.33. The summed E-state index contributed by atoms with van der Waals surface area (Å²) in [7, 11) is 0. The molecule has 0 aromatic heterocycles. The van der Waals surface area contributed by atoms with Crippen molar-refractivity contribution in [3.05, 3.63) is 6.92 Å². The summed E-state index contributed by atoms with van der Waals surface area (Å²) in [5, 5.41) is 0. The van der Waals surface area contributed by atoms with Crippen LogP contribution in [0, 0.1) is 18.8 Å². The molecule has 0 heteroatoms. The predicted octanol–water partition coefficient (Wildman–Crippen LogP) is 4.45. The maximum absolute atomic E-state index is 3.92. The van der Waals surface area contributed by atoms with Gasteiger partial charge in [0.25, 0.3) is 0 Å². The zero-order valence-corrected chi connectivity index (χ0v) is 9.10. The average Bonchev–Trinajstić information content (AvgIpc) is 2.11. The molecule has 0 aromatic rings. The summed E-state index contributed by atoms with van der Waals surface area (Å²) in [6.45, 7) is 10.9. The molecule has 73 valence electrons. The number of hydrogen-bond acceptors (Lipinski definition) is 0. The lowest BCUT2D eigenvalue weighted by Crippen LogP contribution is -1.95.